The summed E-state index contributed by atoms with van der Waals surface area (Å²) in [5.74, 6) is -0.213. The van der Waals surface area contributed by atoms with Crippen LogP contribution in [0.4, 0.5) is 13.2 Å². The van der Waals surface area contributed by atoms with Crippen LogP contribution in [0.3, 0.4) is 0 Å². The summed E-state index contributed by atoms with van der Waals surface area (Å²) >= 11 is 3.12. The highest BCUT2D eigenvalue weighted by atomic mass is 79.9. The van der Waals surface area contributed by atoms with E-state index in [1.165, 1.54) is 25.3 Å². The molecular formula is C14H17BrF3NO. The maximum Gasteiger partial charge on any atom is 0.573 e. The first kappa shape index (κ1) is 15.6. The summed E-state index contributed by atoms with van der Waals surface area (Å²) in [5, 5.41) is 3.51. The van der Waals surface area contributed by atoms with E-state index < -0.39 is 6.36 Å². The van der Waals surface area contributed by atoms with Crippen LogP contribution in [0.5, 0.6) is 5.75 Å². The third-order valence-electron chi connectivity index (χ3n) is 3.88. The average molecular weight is 352 g/mol. The van der Waals surface area contributed by atoms with Gasteiger partial charge in [-0.15, -0.1) is 13.2 Å². The van der Waals surface area contributed by atoms with Gasteiger partial charge in [0.05, 0.1) is 4.47 Å². The van der Waals surface area contributed by atoms with Gasteiger partial charge in [0.1, 0.15) is 5.75 Å². The molecule has 0 saturated heterocycles. The van der Waals surface area contributed by atoms with Gasteiger partial charge in [-0.3, -0.25) is 0 Å². The predicted octanol–water partition coefficient (Wildman–Crippen LogP) is 4.77. The summed E-state index contributed by atoms with van der Waals surface area (Å²) < 4.78 is 40.7. The Labute approximate surface area is 124 Å². The molecule has 0 radical (unpaired) electrons. The number of benzene rings is 1. The van der Waals surface area contributed by atoms with E-state index in [0.29, 0.717) is 11.0 Å². The molecule has 1 saturated carbocycles. The highest BCUT2D eigenvalue weighted by Crippen LogP contribution is 2.35. The fourth-order valence-electron chi connectivity index (χ4n) is 2.41. The Hall–Kier alpha value is -0.750. The Balaban J connectivity index is 1.98. The largest absolute Gasteiger partial charge is 0.573 e. The van der Waals surface area contributed by atoms with E-state index in [-0.39, 0.29) is 11.3 Å². The van der Waals surface area contributed by atoms with E-state index in [1.807, 2.05) is 0 Å². The summed E-state index contributed by atoms with van der Waals surface area (Å²) in [7, 11) is 0. The number of nitrogens with one attached hydrogen (secondary N) is 1. The molecule has 0 aliphatic heterocycles. The molecule has 0 bridgehead atoms. The van der Waals surface area contributed by atoms with Crippen LogP contribution >= 0.6 is 15.9 Å². The molecule has 1 aliphatic carbocycles. The fourth-order valence-corrected chi connectivity index (χ4v) is 2.92. The van der Waals surface area contributed by atoms with Gasteiger partial charge < -0.3 is 10.1 Å². The van der Waals surface area contributed by atoms with Crippen molar-refractivity contribution in [3.05, 3.63) is 28.2 Å². The zero-order chi connectivity index (χ0) is 14.8. The van der Waals surface area contributed by atoms with Crippen molar-refractivity contribution in [2.75, 3.05) is 0 Å². The van der Waals surface area contributed by atoms with Gasteiger partial charge in [-0.1, -0.05) is 13.0 Å². The van der Waals surface area contributed by atoms with Crippen LogP contribution < -0.4 is 10.1 Å². The molecule has 2 rings (SSSR count). The van der Waals surface area contributed by atoms with E-state index >= 15 is 0 Å². The Kier molecular flexibility index (Phi) is 4.64. The molecule has 0 amide bonds. The lowest BCUT2D eigenvalue weighted by Gasteiger charge is -2.42. The minimum Gasteiger partial charge on any atom is -0.405 e. The van der Waals surface area contributed by atoms with Gasteiger partial charge in [-0.2, -0.15) is 0 Å². The molecule has 0 unspecified atom stereocenters. The lowest BCUT2D eigenvalue weighted by molar-refractivity contribution is -0.274. The highest BCUT2D eigenvalue weighted by Gasteiger charge is 2.34. The Morgan fingerprint density at radius 3 is 2.50 bits per heavy atom. The van der Waals surface area contributed by atoms with Crippen molar-refractivity contribution < 1.29 is 17.9 Å². The molecule has 1 aromatic carbocycles. The zero-order valence-corrected chi connectivity index (χ0v) is 12.8. The fraction of sp³-hybridized carbons (Fsp3) is 0.571. The smallest absolute Gasteiger partial charge is 0.405 e. The third kappa shape index (κ3) is 3.88. The summed E-state index contributed by atoms with van der Waals surface area (Å²) in [6, 6.07) is 4.66. The van der Waals surface area contributed by atoms with Crippen molar-refractivity contribution in [3.8, 4) is 5.75 Å². The maximum absolute atomic E-state index is 12.2. The standard InChI is InChI=1S/C14H17BrF3NO/c1-2-13(6-3-7-13)19-9-10-4-5-12(11(15)8-10)20-14(16,17)18/h4-5,8,19H,2-3,6-7,9H2,1H3. The first-order valence-corrected chi connectivity index (χ1v) is 7.42. The van der Waals surface area contributed by atoms with Crippen molar-refractivity contribution in [2.24, 2.45) is 0 Å². The van der Waals surface area contributed by atoms with Gasteiger partial charge in [0, 0.05) is 12.1 Å². The number of ether oxygens (including phenoxy) is 1. The maximum atomic E-state index is 12.2. The molecule has 2 nitrogen and oxygen atoms in total. The van der Waals surface area contributed by atoms with Gasteiger partial charge in [-0.25, -0.2) is 0 Å². The highest BCUT2D eigenvalue weighted by molar-refractivity contribution is 9.10. The Morgan fingerprint density at radius 2 is 2.05 bits per heavy atom. The zero-order valence-electron chi connectivity index (χ0n) is 11.2. The second kappa shape index (κ2) is 5.93. The van der Waals surface area contributed by atoms with Crippen molar-refractivity contribution in [1.82, 2.24) is 5.32 Å². The molecule has 20 heavy (non-hydrogen) atoms. The predicted molar refractivity (Wildman–Crippen MR) is 74.5 cm³/mol. The SMILES string of the molecule is CCC1(NCc2ccc(OC(F)(F)F)c(Br)c2)CCC1. The molecule has 0 heterocycles. The quantitative estimate of drug-likeness (QED) is 0.824. The van der Waals surface area contributed by atoms with Crippen molar-refractivity contribution in [1.29, 1.82) is 0 Å². The molecule has 1 aromatic rings. The van der Waals surface area contributed by atoms with Gasteiger partial charge in [0.25, 0.3) is 0 Å². The van der Waals surface area contributed by atoms with Crippen LogP contribution in [-0.4, -0.2) is 11.9 Å². The molecule has 0 atom stereocenters. The van der Waals surface area contributed by atoms with Gasteiger partial charge in [0.15, 0.2) is 0 Å². The lowest BCUT2D eigenvalue weighted by Crippen LogP contribution is -2.49. The molecule has 1 N–H and O–H groups in total. The minimum absolute atomic E-state index is 0.213. The van der Waals surface area contributed by atoms with Crippen LogP contribution in [-0.2, 0) is 6.54 Å². The third-order valence-corrected chi connectivity index (χ3v) is 4.50. The van der Waals surface area contributed by atoms with Crippen molar-refractivity contribution >= 4 is 15.9 Å². The normalized spacial score (nSPS) is 17.6. The lowest BCUT2D eigenvalue weighted by atomic mass is 9.75. The van der Waals surface area contributed by atoms with E-state index in [2.05, 4.69) is 32.9 Å². The second-order valence-electron chi connectivity index (χ2n) is 5.15. The summed E-state index contributed by atoms with van der Waals surface area (Å²) in [6.07, 6.45) is -0.0211. The van der Waals surface area contributed by atoms with E-state index in [4.69, 9.17) is 0 Å². The first-order chi connectivity index (χ1) is 9.34. The van der Waals surface area contributed by atoms with Gasteiger partial charge in [-0.05, 0) is 59.3 Å². The van der Waals surface area contributed by atoms with Crippen LogP contribution in [0.1, 0.15) is 38.2 Å². The molecule has 1 aliphatic rings. The molecule has 1 fully saturated rings. The van der Waals surface area contributed by atoms with Gasteiger partial charge in [0.2, 0.25) is 0 Å². The van der Waals surface area contributed by atoms with Crippen LogP contribution in [0.2, 0.25) is 0 Å². The van der Waals surface area contributed by atoms with Gasteiger partial charge >= 0.3 is 6.36 Å². The Bertz CT molecular complexity index is 466. The topological polar surface area (TPSA) is 21.3 Å². The monoisotopic (exact) mass is 351 g/mol. The first-order valence-electron chi connectivity index (χ1n) is 6.63. The second-order valence-corrected chi connectivity index (χ2v) is 6.01. The minimum atomic E-state index is -4.67. The van der Waals surface area contributed by atoms with E-state index in [0.717, 1.165) is 12.0 Å². The van der Waals surface area contributed by atoms with Crippen molar-refractivity contribution in [3.63, 3.8) is 0 Å². The average Bonchev–Trinajstić information content (AvgIpc) is 2.30. The number of hydrogen-bond acceptors (Lipinski definition) is 2. The number of alkyl halides is 3. The number of halogens is 4. The van der Waals surface area contributed by atoms with E-state index in [1.54, 1.807) is 12.1 Å². The van der Waals surface area contributed by atoms with Crippen molar-refractivity contribution in [2.45, 2.75) is 51.1 Å². The molecular weight excluding hydrogens is 335 g/mol. The Morgan fingerprint density at radius 1 is 1.35 bits per heavy atom. The van der Waals surface area contributed by atoms with Crippen LogP contribution in [0.15, 0.2) is 22.7 Å². The summed E-state index contributed by atoms with van der Waals surface area (Å²) in [5.41, 5.74) is 1.15. The molecule has 6 heteroatoms. The van der Waals surface area contributed by atoms with Crippen LogP contribution in [0, 0.1) is 0 Å². The van der Waals surface area contributed by atoms with E-state index in [9.17, 15) is 13.2 Å². The van der Waals surface area contributed by atoms with Crippen LogP contribution in [0.25, 0.3) is 0 Å². The molecule has 112 valence electrons. The summed E-state index contributed by atoms with van der Waals surface area (Å²) in [4.78, 5) is 0. The number of hydrogen-bond donors (Lipinski definition) is 1. The molecule has 0 aromatic heterocycles. The summed E-state index contributed by atoms with van der Waals surface area (Å²) in [6.45, 7) is 2.81. The number of rotatable bonds is 5. The molecule has 0 spiro atoms.